The third kappa shape index (κ3) is 4.83. The van der Waals surface area contributed by atoms with Gasteiger partial charge in [-0.05, 0) is 50.1 Å². The molecule has 1 amide bonds. The Morgan fingerprint density at radius 2 is 1.97 bits per heavy atom. The zero-order chi connectivity index (χ0) is 22.8. The molecule has 0 atom stereocenters. The Kier molecular flexibility index (Phi) is 5.70. The number of pyridine rings is 3. The average molecular weight is 459 g/mol. The van der Waals surface area contributed by atoms with E-state index in [1.54, 1.807) is 48.8 Å². The highest BCUT2D eigenvalue weighted by Crippen LogP contribution is 2.47. The van der Waals surface area contributed by atoms with Gasteiger partial charge >= 0.3 is 0 Å². The van der Waals surface area contributed by atoms with Crippen LogP contribution >= 0.6 is 11.3 Å². The highest BCUT2D eigenvalue weighted by Gasteiger charge is 2.29. The van der Waals surface area contributed by atoms with Crippen molar-refractivity contribution in [2.75, 3.05) is 12.4 Å². The van der Waals surface area contributed by atoms with Gasteiger partial charge in [0.15, 0.2) is 0 Å². The van der Waals surface area contributed by atoms with Crippen LogP contribution in [0.15, 0.2) is 54.9 Å². The van der Waals surface area contributed by atoms with Gasteiger partial charge in [0, 0.05) is 37.1 Å². The molecule has 5 rings (SSSR count). The number of anilines is 2. The maximum atomic E-state index is 11.7. The summed E-state index contributed by atoms with van der Waals surface area (Å²) in [6.45, 7) is 1.97. The van der Waals surface area contributed by atoms with Gasteiger partial charge in [-0.1, -0.05) is 17.4 Å². The van der Waals surface area contributed by atoms with Crippen LogP contribution in [0, 0.1) is 6.92 Å². The van der Waals surface area contributed by atoms with Gasteiger partial charge in [0.1, 0.15) is 28.1 Å². The summed E-state index contributed by atoms with van der Waals surface area (Å²) in [5, 5.41) is 7.54. The van der Waals surface area contributed by atoms with Crippen LogP contribution in [0.2, 0.25) is 0 Å². The van der Waals surface area contributed by atoms with Gasteiger partial charge in [-0.25, -0.2) is 15.0 Å². The second kappa shape index (κ2) is 8.95. The Balaban J connectivity index is 1.38. The Morgan fingerprint density at radius 1 is 1.09 bits per heavy atom. The molecule has 4 aromatic heterocycles. The van der Waals surface area contributed by atoms with Gasteiger partial charge in [-0.15, -0.1) is 0 Å². The van der Waals surface area contributed by atoms with Crippen molar-refractivity contribution in [1.82, 2.24) is 25.3 Å². The molecular weight excluding hydrogens is 436 g/mol. The normalized spacial score (nSPS) is 12.9. The maximum absolute atomic E-state index is 11.7. The lowest BCUT2D eigenvalue weighted by Crippen LogP contribution is -2.17. The average Bonchev–Trinajstić information content (AvgIpc) is 3.60. The predicted octanol–water partition coefficient (Wildman–Crippen LogP) is 5.08. The summed E-state index contributed by atoms with van der Waals surface area (Å²) >= 11 is 1.58. The van der Waals surface area contributed by atoms with Crippen molar-refractivity contribution in [3.05, 3.63) is 71.1 Å². The van der Waals surface area contributed by atoms with Crippen molar-refractivity contribution in [3.63, 3.8) is 0 Å². The Bertz CT molecular complexity index is 1300. The van der Waals surface area contributed by atoms with E-state index in [0.29, 0.717) is 28.9 Å². The Morgan fingerprint density at radius 3 is 2.70 bits per heavy atom. The van der Waals surface area contributed by atoms with E-state index in [1.165, 1.54) is 19.0 Å². The van der Waals surface area contributed by atoms with E-state index < -0.39 is 0 Å². The SMILES string of the molecule is CNC(=O)c1ccc(Nc2cc(Oc3sc(C4CC4)nc3-c3cccc(C)n3)ccn2)nc1. The van der Waals surface area contributed by atoms with Crippen molar-refractivity contribution < 1.29 is 9.53 Å². The lowest BCUT2D eigenvalue weighted by Gasteiger charge is -2.09. The van der Waals surface area contributed by atoms with Crippen molar-refractivity contribution in [2.45, 2.75) is 25.7 Å². The van der Waals surface area contributed by atoms with Crippen LogP contribution in [0.5, 0.6) is 10.8 Å². The van der Waals surface area contributed by atoms with E-state index in [-0.39, 0.29) is 5.91 Å². The van der Waals surface area contributed by atoms with E-state index in [0.717, 1.165) is 27.2 Å². The lowest BCUT2D eigenvalue weighted by atomic mass is 10.2. The number of ether oxygens (including phenoxy) is 1. The number of thiazole rings is 1. The smallest absolute Gasteiger partial charge is 0.252 e. The number of carbonyl (C=O) groups is 1. The molecule has 8 nitrogen and oxygen atoms in total. The summed E-state index contributed by atoms with van der Waals surface area (Å²) in [4.78, 5) is 29.8. The molecule has 0 aromatic carbocycles. The van der Waals surface area contributed by atoms with Crippen LogP contribution in [0.3, 0.4) is 0 Å². The van der Waals surface area contributed by atoms with Crippen LogP contribution in [-0.2, 0) is 0 Å². The van der Waals surface area contributed by atoms with Gasteiger partial charge in [0.25, 0.3) is 5.91 Å². The maximum Gasteiger partial charge on any atom is 0.252 e. The number of carbonyl (C=O) groups excluding carboxylic acids is 1. The number of nitrogens with one attached hydrogen (secondary N) is 2. The first-order valence-electron chi connectivity index (χ1n) is 10.6. The molecule has 0 spiro atoms. The zero-order valence-electron chi connectivity index (χ0n) is 18.2. The Hall–Kier alpha value is -3.85. The van der Waals surface area contributed by atoms with Crippen LogP contribution in [0.4, 0.5) is 11.6 Å². The highest BCUT2D eigenvalue weighted by molar-refractivity contribution is 7.14. The molecule has 1 aliphatic carbocycles. The number of nitrogens with zero attached hydrogens (tertiary/aromatic N) is 4. The first-order valence-corrected chi connectivity index (χ1v) is 11.4. The summed E-state index contributed by atoms with van der Waals surface area (Å²) in [5.74, 6) is 2.13. The Labute approximate surface area is 195 Å². The van der Waals surface area contributed by atoms with Crippen molar-refractivity contribution in [1.29, 1.82) is 0 Å². The molecule has 2 N–H and O–H groups in total. The standard InChI is InChI=1S/C24H22N6O2S/c1-14-4-3-5-18(28-14)21-24(33-23(30-21)15-6-7-15)32-17-10-11-26-20(12-17)29-19-9-8-16(13-27-19)22(31)25-2/h3-5,8-13,15H,6-7H2,1-2H3,(H,25,31)(H,26,27,29). The molecule has 0 aliphatic heterocycles. The minimum Gasteiger partial charge on any atom is -0.444 e. The van der Waals surface area contributed by atoms with Gasteiger partial charge in [-0.2, -0.15) is 0 Å². The minimum atomic E-state index is -0.184. The van der Waals surface area contributed by atoms with Crippen molar-refractivity contribution in [2.24, 2.45) is 0 Å². The highest BCUT2D eigenvalue weighted by atomic mass is 32.1. The molecular formula is C24H22N6O2S. The summed E-state index contributed by atoms with van der Waals surface area (Å²) in [5.41, 5.74) is 3.00. The predicted molar refractivity (Wildman–Crippen MR) is 127 cm³/mol. The number of hydrogen-bond acceptors (Lipinski definition) is 8. The monoisotopic (exact) mass is 458 g/mol. The fourth-order valence-corrected chi connectivity index (χ4v) is 4.37. The van der Waals surface area contributed by atoms with Crippen LogP contribution in [0.25, 0.3) is 11.4 Å². The second-order valence-electron chi connectivity index (χ2n) is 7.74. The van der Waals surface area contributed by atoms with Crippen LogP contribution < -0.4 is 15.4 Å². The molecule has 9 heteroatoms. The molecule has 166 valence electrons. The fourth-order valence-electron chi connectivity index (χ4n) is 3.26. The first-order chi connectivity index (χ1) is 16.1. The minimum absolute atomic E-state index is 0.184. The molecule has 1 aliphatic rings. The molecule has 1 fully saturated rings. The van der Waals surface area contributed by atoms with E-state index >= 15 is 0 Å². The third-order valence-electron chi connectivity index (χ3n) is 5.12. The number of hydrogen-bond donors (Lipinski definition) is 2. The van der Waals surface area contributed by atoms with Gasteiger partial charge in [0.05, 0.1) is 11.3 Å². The molecule has 0 unspecified atom stereocenters. The molecule has 4 heterocycles. The van der Waals surface area contributed by atoms with E-state index in [1.807, 2.05) is 25.1 Å². The molecule has 0 radical (unpaired) electrons. The van der Waals surface area contributed by atoms with Gasteiger partial charge < -0.3 is 15.4 Å². The summed E-state index contributed by atoms with van der Waals surface area (Å²) < 4.78 is 6.27. The van der Waals surface area contributed by atoms with Gasteiger partial charge in [0.2, 0.25) is 5.06 Å². The van der Waals surface area contributed by atoms with Crippen molar-refractivity contribution >= 4 is 28.9 Å². The first kappa shape index (κ1) is 21.0. The molecule has 0 saturated heterocycles. The van der Waals surface area contributed by atoms with Crippen molar-refractivity contribution in [3.8, 4) is 22.2 Å². The molecule has 33 heavy (non-hydrogen) atoms. The topological polar surface area (TPSA) is 102 Å². The quantitative estimate of drug-likeness (QED) is 0.398. The number of aromatic nitrogens is 4. The third-order valence-corrected chi connectivity index (χ3v) is 6.22. The summed E-state index contributed by atoms with van der Waals surface area (Å²) in [7, 11) is 1.58. The molecule has 4 aromatic rings. The number of rotatable bonds is 7. The van der Waals surface area contributed by atoms with E-state index in [4.69, 9.17) is 9.72 Å². The summed E-state index contributed by atoms with van der Waals surface area (Å²) in [6.07, 6.45) is 5.52. The van der Waals surface area contributed by atoms with E-state index in [2.05, 4.69) is 25.6 Å². The van der Waals surface area contributed by atoms with Gasteiger partial charge in [-0.3, -0.25) is 9.78 Å². The lowest BCUT2D eigenvalue weighted by molar-refractivity contribution is 0.0963. The fraction of sp³-hybridized carbons (Fsp3) is 0.208. The van der Waals surface area contributed by atoms with E-state index in [9.17, 15) is 4.79 Å². The second-order valence-corrected chi connectivity index (χ2v) is 8.73. The zero-order valence-corrected chi connectivity index (χ0v) is 19.0. The summed E-state index contributed by atoms with van der Waals surface area (Å²) in [6, 6.07) is 12.9. The molecule has 0 bridgehead atoms. The van der Waals surface area contributed by atoms with Crippen LogP contribution in [0.1, 0.15) is 39.8 Å². The molecule has 1 saturated carbocycles. The number of amides is 1. The van der Waals surface area contributed by atoms with Crippen LogP contribution in [-0.4, -0.2) is 32.9 Å². The number of aryl methyl sites for hydroxylation is 1. The largest absolute Gasteiger partial charge is 0.444 e.